The highest BCUT2D eigenvalue weighted by atomic mass is 15.2. The van der Waals surface area contributed by atoms with Gasteiger partial charge in [-0.25, -0.2) is 9.97 Å². The predicted octanol–water partition coefficient (Wildman–Crippen LogP) is 2.02. The maximum absolute atomic E-state index is 8.82. The quantitative estimate of drug-likeness (QED) is 0.758. The molecule has 0 fully saturated rings. The van der Waals surface area contributed by atoms with E-state index in [1.165, 1.54) is 0 Å². The number of hydrogen-bond donors (Lipinski definition) is 0. The molecule has 1 unspecified atom stereocenters. The maximum Gasteiger partial charge on any atom is 0.132 e. The summed E-state index contributed by atoms with van der Waals surface area (Å²) in [7, 11) is 0. The van der Waals surface area contributed by atoms with Crippen LogP contribution in [0.25, 0.3) is 0 Å². The number of nitrogens with zero attached hydrogens (tertiary/aromatic N) is 4. The summed E-state index contributed by atoms with van der Waals surface area (Å²) in [5, 5.41) is 8.82. The molecule has 0 amide bonds. The number of hydrogen-bond acceptors (Lipinski definition) is 4. The molecule has 16 heavy (non-hydrogen) atoms. The van der Waals surface area contributed by atoms with Crippen LogP contribution in [0.4, 0.5) is 5.82 Å². The molecule has 0 aromatic carbocycles. The molecule has 0 radical (unpaired) electrons. The van der Waals surface area contributed by atoms with Gasteiger partial charge < -0.3 is 4.90 Å². The highest BCUT2D eigenvalue weighted by Gasteiger charge is 2.10. The molecule has 1 rings (SSSR count). The summed E-state index contributed by atoms with van der Waals surface area (Å²) in [6, 6.07) is 4.24. The molecule has 0 aliphatic heterocycles. The fraction of sp³-hybridized carbons (Fsp3) is 0.583. The van der Waals surface area contributed by atoms with E-state index in [4.69, 9.17) is 5.26 Å². The normalized spacial score (nSPS) is 11.9. The summed E-state index contributed by atoms with van der Waals surface area (Å²) in [5.74, 6) is 0.927. The van der Waals surface area contributed by atoms with Gasteiger partial charge in [0.25, 0.3) is 0 Å². The number of aromatic nitrogens is 2. The Morgan fingerprint density at radius 3 is 2.75 bits per heavy atom. The number of nitriles is 1. The van der Waals surface area contributed by atoms with E-state index in [1.807, 2.05) is 13.0 Å². The highest BCUT2D eigenvalue weighted by molar-refractivity contribution is 5.39. The molecule has 0 saturated heterocycles. The van der Waals surface area contributed by atoms with Crippen molar-refractivity contribution >= 4 is 5.82 Å². The second-order valence-electron chi connectivity index (χ2n) is 3.79. The summed E-state index contributed by atoms with van der Waals surface area (Å²) < 4.78 is 0. The third-order valence-electron chi connectivity index (χ3n) is 2.49. The van der Waals surface area contributed by atoms with E-state index in [-0.39, 0.29) is 5.92 Å². The van der Waals surface area contributed by atoms with E-state index >= 15 is 0 Å². The minimum absolute atomic E-state index is 0.0139. The van der Waals surface area contributed by atoms with Crippen LogP contribution in [0, 0.1) is 17.2 Å². The van der Waals surface area contributed by atoms with Gasteiger partial charge in [0.1, 0.15) is 12.1 Å². The second-order valence-corrected chi connectivity index (χ2v) is 3.79. The molecule has 1 aromatic rings. The van der Waals surface area contributed by atoms with Crippen molar-refractivity contribution in [1.29, 1.82) is 5.26 Å². The molecule has 4 nitrogen and oxygen atoms in total. The average Bonchev–Trinajstić information content (AvgIpc) is 2.35. The third-order valence-corrected chi connectivity index (χ3v) is 2.49. The molecule has 0 spiro atoms. The predicted molar refractivity (Wildman–Crippen MR) is 64.1 cm³/mol. The molecule has 1 atom stereocenters. The Bertz CT molecular complexity index is 370. The monoisotopic (exact) mass is 218 g/mol. The lowest BCUT2D eigenvalue weighted by molar-refractivity contribution is 0.677. The minimum Gasteiger partial charge on any atom is -0.355 e. The van der Waals surface area contributed by atoms with Crippen LogP contribution in [0.5, 0.6) is 0 Å². The van der Waals surface area contributed by atoms with E-state index in [1.54, 1.807) is 6.33 Å². The zero-order valence-corrected chi connectivity index (χ0v) is 10.1. The Labute approximate surface area is 96.9 Å². The summed E-state index contributed by atoms with van der Waals surface area (Å²) in [5.41, 5.74) is 1.04. The number of rotatable bonds is 5. The van der Waals surface area contributed by atoms with E-state index in [2.05, 4.69) is 34.8 Å². The SMILES string of the molecule is CCc1cc(N(CC)CC(C)C#N)ncn1. The van der Waals surface area contributed by atoms with Gasteiger partial charge in [0.15, 0.2) is 0 Å². The lowest BCUT2D eigenvalue weighted by Crippen LogP contribution is -2.28. The lowest BCUT2D eigenvalue weighted by atomic mass is 10.2. The van der Waals surface area contributed by atoms with E-state index in [0.29, 0.717) is 6.54 Å². The average molecular weight is 218 g/mol. The molecule has 1 heterocycles. The first-order valence-corrected chi connectivity index (χ1v) is 5.66. The third kappa shape index (κ3) is 3.20. The molecular formula is C12H18N4. The van der Waals surface area contributed by atoms with Crippen molar-refractivity contribution in [3.8, 4) is 6.07 Å². The molecule has 0 aliphatic rings. The summed E-state index contributed by atoms with van der Waals surface area (Å²) in [6.07, 6.45) is 2.49. The molecule has 0 bridgehead atoms. The summed E-state index contributed by atoms with van der Waals surface area (Å²) in [6.45, 7) is 7.63. The van der Waals surface area contributed by atoms with Crippen molar-refractivity contribution in [2.24, 2.45) is 5.92 Å². The molecule has 0 aliphatic carbocycles. The minimum atomic E-state index is 0.0139. The van der Waals surface area contributed by atoms with Crippen molar-refractivity contribution in [2.75, 3.05) is 18.0 Å². The van der Waals surface area contributed by atoms with Crippen LogP contribution in [-0.4, -0.2) is 23.1 Å². The van der Waals surface area contributed by atoms with Crippen molar-refractivity contribution in [2.45, 2.75) is 27.2 Å². The number of anilines is 1. The van der Waals surface area contributed by atoms with Gasteiger partial charge in [-0.05, 0) is 20.3 Å². The molecule has 1 aromatic heterocycles. The molecule has 86 valence electrons. The fourth-order valence-corrected chi connectivity index (χ4v) is 1.51. The van der Waals surface area contributed by atoms with Gasteiger partial charge in [0, 0.05) is 24.8 Å². The Kier molecular flexibility index (Phi) is 4.71. The standard InChI is InChI=1S/C12H18N4/c1-4-11-6-12(15-9-14-11)16(5-2)8-10(3)7-13/h6,9-10H,4-5,8H2,1-3H3. The van der Waals surface area contributed by atoms with Gasteiger partial charge in [-0.2, -0.15) is 5.26 Å². The van der Waals surface area contributed by atoms with Gasteiger partial charge in [-0.1, -0.05) is 6.92 Å². The molecule has 0 N–H and O–H groups in total. The first-order valence-electron chi connectivity index (χ1n) is 5.66. The maximum atomic E-state index is 8.82. The largest absolute Gasteiger partial charge is 0.355 e. The Morgan fingerprint density at radius 2 is 2.19 bits per heavy atom. The zero-order chi connectivity index (χ0) is 12.0. The summed E-state index contributed by atoms with van der Waals surface area (Å²) >= 11 is 0. The van der Waals surface area contributed by atoms with Crippen LogP contribution in [0.1, 0.15) is 26.5 Å². The van der Waals surface area contributed by atoms with Crippen LogP contribution in [0.15, 0.2) is 12.4 Å². The van der Waals surface area contributed by atoms with Crippen LogP contribution in [-0.2, 0) is 6.42 Å². The van der Waals surface area contributed by atoms with E-state index in [9.17, 15) is 0 Å². The van der Waals surface area contributed by atoms with Gasteiger partial charge in [0.2, 0.25) is 0 Å². The van der Waals surface area contributed by atoms with Crippen LogP contribution in [0.2, 0.25) is 0 Å². The fourth-order valence-electron chi connectivity index (χ4n) is 1.51. The smallest absolute Gasteiger partial charge is 0.132 e. The van der Waals surface area contributed by atoms with Gasteiger partial charge in [-0.3, -0.25) is 0 Å². The van der Waals surface area contributed by atoms with Crippen LogP contribution < -0.4 is 4.90 Å². The molecule has 4 heteroatoms. The Balaban J connectivity index is 2.82. The molecular weight excluding hydrogens is 200 g/mol. The van der Waals surface area contributed by atoms with Gasteiger partial charge >= 0.3 is 0 Å². The van der Waals surface area contributed by atoms with Crippen molar-refractivity contribution in [3.05, 3.63) is 18.1 Å². The first kappa shape index (κ1) is 12.4. The summed E-state index contributed by atoms with van der Waals surface area (Å²) in [4.78, 5) is 10.5. The number of aryl methyl sites for hydroxylation is 1. The molecule has 0 saturated carbocycles. The Morgan fingerprint density at radius 1 is 1.44 bits per heavy atom. The zero-order valence-electron chi connectivity index (χ0n) is 10.1. The van der Waals surface area contributed by atoms with Crippen molar-refractivity contribution < 1.29 is 0 Å². The van der Waals surface area contributed by atoms with Crippen molar-refractivity contribution in [1.82, 2.24) is 9.97 Å². The highest BCUT2D eigenvalue weighted by Crippen LogP contribution is 2.12. The van der Waals surface area contributed by atoms with Crippen LogP contribution >= 0.6 is 0 Å². The van der Waals surface area contributed by atoms with Gasteiger partial charge in [0.05, 0.1) is 12.0 Å². The first-order chi connectivity index (χ1) is 7.71. The van der Waals surface area contributed by atoms with Crippen LogP contribution in [0.3, 0.4) is 0 Å². The lowest BCUT2D eigenvalue weighted by Gasteiger charge is -2.23. The van der Waals surface area contributed by atoms with E-state index in [0.717, 1.165) is 24.5 Å². The van der Waals surface area contributed by atoms with Gasteiger partial charge in [-0.15, -0.1) is 0 Å². The van der Waals surface area contributed by atoms with E-state index < -0.39 is 0 Å². The topological polar surface area (TPSA) is 52.8 Å². The Hall–Kier alpha value is -1.63. The second kappa shape index (κ2) is 6.06. The van der Waals surface area contributed by atoms with Crippen molar-refractivity contribution in [3.63, 3.8) is 0 Å².